The van der Waals surface area contributed by atoms with E-state index in [1.807, 2.05) is 31.2 Å². The number of hydrogen-bond acceptors (Lipinski definition) is 7. The van der Waals surface area contributed by atoms with Gasteiger partial charge in [0.05, 0.1) is 17.4 Å². The number of nitrogens with one attached hydrogen (secondary N) is 1. The zero-order valence-corrected chi connectivity index (χ0v) is 21.3. The maximum atomic E-state index is 13.1. The number of benzene rings is 1. The van der Waals surface area contributed by atoms with Crippen LogP contribution in [0, 0.1) is 11.3 Å². The number of para-hydroxylation sites is 2. The summed E-state index contributed by atoms with van der Waals surface area (Å²) in [7, 11) is 0. The van der Waals surface area contributed by atoms with Crippen LogP contribution in [0.2, 0.25) is 0 Å². The number of oxazole rings is 1. The standard InChI is InChI=1S/C25H30N2O4S2/c1-6-30-23(29)20-16-12-11-15(25(3,4)5)13-19(16)33-22(20)27-21(28)14(2)32-24-26-17-9-7-8-10-18(17)31-24/h7-10,14-15H,6,11-13H2,1-5H3,(H,27,28). The number of anilines is 1. The third-order valence-electron chi connectivity index (χ3n) is 6.13. The van der Waals surface area contributed by atoms with Gasteiger partial charge in [-0.2, -0.15) is 0 Å². The number of esters is 1. The highest BCUT2D eigenvalue weighted by atomic mass is 32.2. The lowest BCUT2D eigenvalue weighted by molar-refractivity contribution is -0.115. The summed E-state index contributed by atoms with van der Waals surface area (Å²) < 4.78 is 11.1. The predicted molar refractivity (Wildman–Crippen MR) is 133 cm³/mol. The lowest BCUT2D eigenvalue weighted by Crippen LogP contribution is -2.27. The van der Waals surface area contributed by atoms with E-state index in [0.29, 0.717) is 33.9 Å². The number of hydrogen-bond donors (Lipinski definition) is 1. The van der Waals surface area contributed by atoms with Gasteiger partial charge in [0.25, 0.3) is 5.22 Å². The first-order valence-electron chi connectivity index (χ1n) is 11.3. The first kappa shape index (κ1) is 23.8. The van der Waals surface area contributed by atoms with Crippen molar-refractivity contribution in [3.05, 3.63) is 40.3 Å². The van der Waals surface area contributed by atoms with Crippen molar-refractivity contribution in [2.75, 3.05) is 11.9 Å². The van der Waals surface area contributed by atoms with E-state index in [1.165, 1.54) is 28.0 Å². The van der Waals surface area contributed by atoms with Crippen LogP contribution in [-0.2, 0) is 22.4 Å². The fourth-order valence-corrected chi connectivity index (χ4v) is 6.23. The van der Waals surface area contributed by atoms with Crippen molar-refractivity contribution < 1.29 is 18.7 Å². The Morgan fingerprint density at radius 3 is 2.79 bits per heavy atom. The van der Waals surface area contributed by atoms with Crippen LogP contribution in [0.15, 0.2) is 33.9 Å². The molecule has 1 aliphatic rings. The first-order valence-corrected chi connectivity index (χ1v) is 13.0. The molecular weight excluding hydrogens is 456 g/mol. The average molecular weight is 487 g/mol. The van der Waals surface area contributed by atoms with Crippen molar-refractivity contribution in [3.8, 4) is 0 Å². The molecule has 1 aromatic carbocycles. The van der Waals surface area contributed by atoms with Crippen LogP contribution >= 0.6 is 23.1 Å². The second kappa shape index (κ2) is 9.50. The number of thiophene rings is 1. The second-order valence-corrected chi connectivity index (χ2v) is 11.8. The van der Waals surface area contributed by atoms with Gasteiger partial charge in [-0.05, 0) is 62.1 Å². The first-order chi connectivity index (χ1) is 15.7. The number of fused-ring (bicyclic) bond motifs is 2. The summed E-state index contributed by atoms with van der Waals surface area (Å²) in [5, 5.41) is 3.59. The molecule has 6 nitrogen and oxygen atoms in total. The van der Waals surface area contributed by atoms with Crippen molar-refractivity contribution in [2.45, 2.75) is 64.4 Å². The Morgan fingerprint density at radius 1 is 1.33 bits per heavy atom. The summed E-state index contributed by atoms with van der Waals surface area (Å²) >= 11 is 2.77. The molecule has 0 saturated heterocycles. The number of rotatable bonds is 6. The van der Waals surface area contributed by atoms with Gasteiger partial charge in [-0.3, -0.25) is 4.79 Å². The van der Waals surface area contributed by atoms with Gasteiger partial charge in [0.2, 0.25) is 5.91 Å². The molecule has 2 aromatic heterocycles. The van der Waals surface area contributed by atoms with Crippen LogP contribution in [0.25, 0.3) is 11.1 Å². The Morgan fingerprint density at radius 2 is 2.09 bits per heavy atom. The molecule has 1 aliphatic carbocycles. The van der Waals surface area contributed by atoms with Crippen LogP contribution in [0.4, 0.5) is 5.00 Å². The quantitative estimate of drug-likeness (QED) is 0.324. The molecule has 2 atom stereocenters. The minimum absolute atomic E-state index is 0.194. The number of ether oxygens (including phenoxy) is 1. The van der Waals surface area contributed by atoms with Crippen molar-refractivity contribution in [3.63, 3.8) is 0 Å². The van der Waals surface area contributed by atoms with Gasteiger partial charge in [0.15, 0.2) is 5.58 Å². The van der Waals surface area contributed by atoms with Crippen LogP contribution in [0.1, 0.15) is 61.8 Å². The Hall–Kier alpha value is -2.32. The van der Waals surface area contributed by atoms with Crippen LogP contribution in [-0.4, -0.2) is 28.7 Å². The van der Waals surface area contributed by atoms with Gasteiger partial charge in [0, 0.05) is 4.88 Å². The minimum Gasteiger partial charge on any atom is -0.462 e. The fourth-order valence-electron chi connectivity index (χ4n) is 4.15. The zero-order valence-electron chi connectivity index (χ0n) is 19.7. The molecule has 0 radical (unpaired) electrons. The molecule has 2 unspecified atom stereocenters. The molecule has 1 amide bonds. The summed E-state index contributed by atoms with van der Waals surface area (Å²) in [5.74, 6) is -0.0200. The number of amides is 1. The van der Waals surface area contributed by atoms with E-state index in [0.717, 1.165) is 30.3 Å². The number of thioether (sulfide) groups is 1. The van der Waals surface area contributed by atoms with Crippen molar-refractivity contribution in [2.24, 2.45) is 11.3 Å². The Labute approximate surface area is 202 Å². The summed E-state index contributed by atoms with van der Waals surface area (Å²) in [5.41, 5.74) is 3.21. The molecule has 0 spiro atoms. The van der Waals surface area contributed by atoms with Gasteiger partial charge >= 0.3 is 5.97 Å². The Kier molecular flexibility index (Phi) is 6.86. The number of nitrogens with zero attached hydrogens (tertiary/aromatic N) is 1. The van der Waals surface area contributed by atoms with E-state index in [2.05, 4.69) is 31.1 Å². The maximum Gasteiger partial charge on any atom is 0.341 e. The van der Waals surface area contributed by atoms with E-state index in [9.17, 15) is 9.59 Å². The van der Waals surface area contributed by atoms with E-state index >= 15 is 0 Å². The van der Waals surface area contributed by atoms with E-state index in [-0.39, 0.29) is 17.3 Å². The highest BCUT2D eigenvalue weighted by Crippen LogP contribution is 2.44. The molecule has 0 saturated carbocycles. The van der Waals surface area contributed by atoms with E-state index in [1.54, 1.807) is 6.92 Å². The molecule has 0 aliphatic heterocycles. The number of carbonyl (C=O) groups excluding carboxylic acids is 2. The third kappa shape index (κ3) is 5.11. The molecule has 33 heavy (non-hydrogen) atoms. The smallest absolute Gasteiger partial charge is 0.341 e. The van der Waals surface area contributed by atoms with E-state index in [4.69, 9.17) is 9.15 Å². The highest BCUT2D eigenvalue weighted by molar-refractivity contribution is 8.00. The van der Waals surface area contributed by atoms with Crippen LogP contribution < -0.4 is 5.32 Å². The molecule has 8 heteroatoms. The third-order valence-corrected chi connectivity index (χ3v) is 8.24. The number of aromatic nitrogens is 1. The molecule has 2 heterocycles. The van der Waals surface area contributed by atoms with Gasteiger partial charge in [-0.15, -0.1) is 11.3 Å². The summed E-state index contributed by atoms with van der Waals surface area (Å²) in [4.78, 5) is 31.5. The number of carbonyl (C=O) groups is 2. The van der Waals surface area contributed by atoms with Crippen molar-refractivity contribution in [1.82, 2.24) is 4.98 Å². The molecule has 4 rings (SSSR count). The SMILES string of the molecule is CCOC(=O)c1c(NC(=O)C(C)Sc2nc3ccccc3o2)sc2c1CCC(C(C)(C)C)C2. The lowest BCUT2D eigenvalue weighted by Gasteiger charge is -2.33. The summed E-state index contributed by atoms with van der Waals surface area (Å²) in [6, 6.07) is 7.51. The zero-order chi connectivity index (χ0) is 23.8. The van der Waals surface area contributed by atoms with Gasteiger partial charge in [-0.25, -0.2) is 9.78 Å². The molecule has 3 aromatic rings. The monoisotopic (exact) mass is 486 g/mol. The average Bonchev–Trinajstić information content (AvgIpc) is 3.32. The Bertz CT molecular complexity index is 1140. The maximum absolute atomic E-state index is 13.1. The lowest BCUT2D eigenvalue weighted by atomic mass is 9.72. The Balaban J connectivity index is 1.55. The summed E-state index contributed by atoms with van der Waals surface area (Å²) in [6.07, 6.45) is 2.76. The van der Waals surface area contributed by atoms with Crippen molar-refractivity contribution in [1.29, 1.82) is 0 Å². The van der Waals surface area contributed by atoms with Gasteiger partial charge in [-0.1, -0.05) is 44.7 Å². The van der Waals surface area contributed by atoms with Crippen LogP contribution in [0.3, 0.4) is 0 Å². The van der Waals surface area contributed by atoms with Crippen molar-refractivity contribution >= 4 is 51.1 Å². The van der Waals surface area contributed by atoms with Crippen LogP contribution in [0.5, 0.6) is 0 Å². The molecule has 0 fully saturated rings. The largest absolute Gasteiger partial charge is 0.462 e. The van der Waals surface area contributed by atoms with Gasteiger partial charge in [0.1, 0.15) is 10.5 Å². The molecule has 176 valence electrons. The fraction of sp³-hybridized carbons (Fsp3) is 0.480. The summed E-state index contributed by atoms with van der Waals surface area (Å²) in [6.45, 7) is 10.7. The minimum atomic E-state index is -0.449. The normalized spacial score (nSPS) is 16.9. The molecular formula is C25H30N2O4S2. The molecule has 0 bridgehead atoms. The predicted octanol–water partition coefficient (Wildman–Crippen LogP) is 6.34. The topological polar surface area (TPSA) is 81.4 Å². The van der Waals surface area contributed by atoms with Gasteiger partial charge < -0.3 is 14.5 Å². The highest BCUT2D eigenvalue weighted by Gasteiger charge is 2.35. The second-order valence-electron chi connectivity index (χ2n) is 9.43. The van der Waals surface area contributed by atoms with E-state index < -0.39 is 5.25 Å². The molecule has 1 N–H and O–H groups in total.